The Balaban J connectivity index is 1.69. The van der Waals surface area contributed by atoms with Gasteiger partial charge in [-0.25, -0.2) is 0 Å². The molecule has 1 atom stereocenters. The number of aryl methyl sites for hydroxylation is 1. The van der Waals surface area contributed by atoms with Gasteiger partial charge >= 0.3 is 0 Å². The highest BCUT2D eigenvalue weighted by atomic mass is 16.5. The van der Waals surface area contributed by atoms with Gasteiger partial charge in [-0.1, -0.05) is 48.0 Å². The fourth-order valence-electron chi connectivity index (χ4n) is 2.62. The van der Waals surface area contributed by atoms with E-state index in [0.717, 1.165) is 5.56 Å². The molecule has 0 saturated heterocycles. The third-order valence-corrected chi connectivity index (χ3v) is 4.16. The van der Waals surface area contributed by atoms with Crippen molar-refractivity contribution in [3.8, 4) is 5.75 Å². The molecule has 3 rings (SSSR count). The third kappa shape index (κ3) is 4.98. The maximum Gasteiger partial charge on any atom is 0.265 e. The number of nitrogens with one attached hydrogen (secondary N) is 2. The van der Waals surface area contributed by atoms with Crippen LogP contribution in [0.1, 0.15) is 22.8 Å². The zero-order valence-electron chi connectivity index (χ0n) is 15.8. The summed E-state index contributed by atoms with van der Waals surface area (Å²) >= 11 is 0. The van der Waals surface area contributed by atoms with Crippen LogP contribution in [0.25, 0.3) is 0 Å². The summed E-state index contributed by atoms with van der Waals surface area (Å²) < 4.78 is 5.69. The smallest absolute Gasteiger partial charge is 0.265 e. The van der Waals surface area contributed by atoms with E-state index in [1.165, 1.54) is 0 Å². The van der Waals surface area contributed by atoms with E-state index in [1.54, 1.807) is 43.3 Å². The number of hydrogen-bond donors (Lipinski definition) is 2. The normalized spacial score (nSPS) is 11.4. The second-order valence-corrected chi connectivity index (χ2v) is 6.43. The van der Waals surface area contributed by atoms with Crippen LogP contribution in [0.2, 0.25) is 0 Å². The molecule has 2 N–H and O–H groups in total. The summed E-state index contributed by atoms with van der Waals surface area (Å²) in [5.41, 5.74) is 2.61. The van der Waals surface area contributed by atoms with Gasteiger partial charge in [0.2, 0.25) is 0 Å². The zero-order chi connectivity index (χ0) is 19.9. The molecular formula is C23H22N2O3. The molecule has 0 fully saturated rings. The Morgan fingerprint density at radius 3 is 2.18 bits per heavy atom. The number of para-hydroxylation sites is 2. The number of carbonyl (C=O) groups excluding carboxylic acids is 2. The number of rotatable bonds is 6. The first kappa shape index (κ1) is 19.2. The van der Waals surface area contributed by atoms with E-state index >= 15 is 0 Å². The van der Waals surface area contributed by atoms with E-state index in [2.05, 4.69) is 10.6 Å². The van der Waals surface area contributed by atoms with Crippen molar-refractivity contribution >= 4 is 23.2 Å². The SMILES string of the molecule is Cc1ccc(OC(C)C(=O)Nc2ccccc2C(=O)Nc2ccccc2)cc1. The molecule has 142 valence electrons. The van der Waals surface area contributed by atoms with Gasteiger partial charge in [-0.05, 0) is 50.2 Å². The molecule has 0 radical (unpaired) electrons. The van der Waals surface area contributed by atoms with Gasteiger partial charge in [-0.15, -0.1) is 0 Å². The minimum Gasteiger partial charge on any atom is -0.481 e. The van der Waals surface area contributed by atoms with Gasteiger partial charge < -0.3 is 15.4 Å². The van der Waals surface area contributed by atoms with Crippen molar-refractivity contribution in [1.29, 1.82) is 0 Å². The molecule has 0 aliphatic carbocycles. The van der Waals surface area contributed by atoms with Gasteiger partial charge in [0.15, 0.2) is 6.10 Å². The summed E-state index contributed by atoms with van der Waals surface area (Å²) in [5.74, 6) is -0.0157. The largest absolute Gasteiger partial charge is 0.481 e. The van der Waals surface area contributed by atoms with Crippen LogP contribution in [-0.2, 0) is 4.79 Å². The minimum absolute atomic E-state index is 0.297. The van der Waals surface area contributed by atoms with Crippen LogP contribution in [0, 0.1) is 6.92 Å². The monoisotopic (exact) mass is 374 g/mol. The van der Waals surface area contributed by atoms with Crippen LogP contribution in [0.15, 0.2) is 78.9 Å². The van der Waals surface area contributed by atoms with Crippen molar-refractivity contribution in [2.75, 3.05) is 10.6 Å². The Kier molecular flexibility index (Phi) is 6.07. The molecule has 3 aromatic carbocycles. The molecule has 5 nitrogen and oxygen atoms in total. The van der Waals surface area contributed by atoms with E-state index in [1.807, 2.05) is 49.4 Å². The summed E-state index contributed by atoms with van der Waals surface area (Å²) in [5, 5.41) is 5.61. The first-order valence-corrected chi connectivity index (χ1v) is 9.02. The van der Waals surface area contributed by atoms with E-state index in [0.29, 0.717) is 22.7 Å². The van der Waals surface area contributed by atoms with E-state index in [4.69, 9.17) is 4.74 Å². The molecule has 2 amide bonds. The number of hydrogen-bond acceptors (Lipinski definition) is 3. The van der Waals surface area contributed by atoms with Crippen LogP contribution >= 0.6 is 0 Å². The summed E-state index contributed by atoms with van der Waals surface area (Å²) in [6.45, 7) is 3.65. The number of amides is 2. The second kappa shape index (κ2) is 8.86. The second-order valence-electron chi connectivity index (χ2n) is 6.43. The summed E-state index contributed by atoms with van der Waals surface area (Å²) in [7, 11) is 0. The Bertz CT molecular complexity index is 953. The predicted octanol–water partition coefficient (Wildman–Crippen LogP) is 4.65. The molecular weight excluding hydrogens is 352 g/mol. The van der Waals surface area contributed by atoms with E-state index in [-0.39, 0.29) is 11.8 Å². The number of ether oxygens (including phenoxy) is 1. The zero-order valence-corrected chi connectivity index (χ0v) is 15.8. The van der Waals surface area contributed by atoms with Crippen molar-refractivity contribution in [2.45, 2.75) is 20.0 Å². The third-order valence-electron chi connectivity index (χ3n) is 4.16. The fraction of sp³-hybridized carbons (Fsp3) is 0.130. The molecule has 5 heteroatoms. The van der Waals surface area contributed by atoms with Crippen LogP contribution in [0.4, 0.5) is 11.4 Å². The van der Waals surface area contributed by atoms with Crippen molar-refractivity contribution in [2.24, 2.45) is 0 Å². The van der Waals surface area contributed by atoms with Gasteiger partial charge in [0, 0.05) is 5.69 Å². The molecule has 0 saturated carbocycles. The number of benzene rings is 3. The van der Waals surface area contributed by atoms with Crippen LogP contribution in [0.3, 0.4) is 0 Å². The van der Waals surface area contributed by atoms with Crippen LogP contribution in [-0.4, -0.2) is 17.9 Å². The summed E-state index contributed by atoms with van der Waals surface area (Å²) in [4.78, 5) is 25.2. The quantitative estimate of drug-likeness (QED) is 0.660. The van der Waals surface area contributed by atoms with Crippen molar-refractivity contribution in [1.82, 2.24) is 0 Å². The van der Waals surface area contributed by atoms with Gasteiger partial charge in [0.25, 0.3) is 11.8 Å². The maximum absolute atomic E-state index is 12.6. The van der Waals surface area contributed by atoms with Gasteiger partial charge in [-0.3, -0.25) is 9.59 Å². The topological polar surface area (TPSA) is 67.4 Å². The molecule has 28 heavy (non-hydrogen) atoms. The number of anilines is 2. The highest BCUT2D eigenvalue weighted by molar-refractivity contribution is 6.10. The first-order valence-electron chi connectivity index (χ1n) is 9.02. The fourth-order valence-corrected chi connectivity index (χ4v) is 2.62. The lowest BCUT2D eigenvalue weighted by Crippen LogP contribution is -2.31. The van der Waals surface area contributed by atoms with Crippen molar-refractivity contribution in [3.63, 3.8) is 0 Å². The van der Waals surface area contributed by atoms with Gasteiger partial charge in [0.1, 0.15) is 5.75 Å². The van der Waals surface area contributed by atoms with E-state index < -0.39 is 6.10 Å². The Labute approximate surface area is 164 Å². The molecule has 0 aliphatic rings. The lowest BCUT2D eigenvalue weighted by Gasteiger charge is -2.16. The molecule has 0 heterocycles. The molecule has 3 aromatic rings. The first-order chi connectivity index (χ1) is 13.5. The van der Waals surface area contributed by atoms with Gasteiger partial charge in [0.05, 0.1) is 11.3 Å². The number of carbonyl (C=O) groups is 2. The average molecular weight is 374 g/mol. The standard InChI is InChI=1S/C23H22N2O3/c1-16-12-14-19(15-13-16)28-17(2)22(26)25-21-11-7-6-10-20(21)23(27)24-18-8-4-3-5-9-18/h3-15,17H,1-2H3,(H,24,27)(H,25,26). The van der Waals surface area contributed by atoms with Crippen LogP contribution in [0.5, 0.6) is 5.75 Å². The van der Waals surface area contributed by atoms with Crippen molar-refractivity contribution in [3.05, 3.63) is 90.0 Å². The lowest BCUT2D eigenvalue weighted by molar-refractivity contribution is -0.122. The molecule has 0 aliphatic heterocycles. The molecule has 0 spiro atoms. The summed E-state index contributed by atoms with van der Waals surface area (Å²) in [6.07, 6.45) is -0.715. The van der Waals surface area contributed by atoms with Gasteiger partial charge in [-0.2, -0.15) is 0 Å². The molecule has 1 unspecified atom stereocenters. The Morgan fingerprint density at radius 2 is 1.46 bits per heavy atom. The lowest BCUT2D eigenvalue weighted by atomic mass is 10.1. The summed E-state index contributed by atoms with van der Waals surface area (Å²) in [6, 6.07) is 23.5. The molecule has 0 aromatic heterocycles. The van der Waals surface area contributed by atoms with E-state index in [9.17, 15) is 9.59 Å². The predicted molar refractivity (Wildman–Crippen MR) is 111 cm³/mol. The average Bonchev–Trinajstić information content (AvgIpc) is 2.70. The maximum atomic E-state index is 12.6. The molecule has 0 bridgehead atoms. The van der Waals surface area contributed by atoms with Crippen LogP contribution < -0.4 is 15.4 Å². The Morgan fingerprint density at radius 1 is 0.821 bits per heavy atom. The van der Waals surface area contributed by atoms with Crippen molar-refractivity contribution < 1.29 is 14.3 Å². The Hall–Kier alpha value is -3.60. The minimum atomic E-state index is -0.715. The highest BCUT2D eigenvalue weighted by Crippen LogP contribution is 2.19. The highest BCUT2D eigenvalue weighted by Gasteiger charge is 2.18.